The number of thioether (sulfide) groups is 1. The maximum absolute atomic E-state index is 13.0. The fourth-order valence-corrected chi connectivity index (χ4v) is 5.02. The van der Waals surface area contributed by atoms with E-state index in [0.717, 1.165) is 22.7 Å². The lowest BCUT2D eigenvalue weighted by molar-refractivity contribution is -0.129. The van der Waals surface area contributed by atoms with Gasteiger partial charge in [-0.2, -0.15) is 5.26 Å². The Morgan fingerprint density at radius 1 is 1.25 bits per heavy atom. The summed E-state index contributed by atoms with van der Waals surface area (Å²) in [4.78, 5) is 16.8. The largest absolute Gasteiger partial charge is 0.344 e. The number of benzene rings is 2. The minimum Gasteiger partial charge on any atom is -0.344 e. The van der Waals surface area contributed by atoms with E-state index >= 15 is 0 Å². The van der Waals surface area contributed by atoms with Gasteiger partial charge in [0.1, 0.15) is 0 Å². The van der Waals surface area contributed by atoms with Gasteiger partial charge in [0.15, 0.2) is 0 Å². The van der Waals surface area contributed by atoms with Gasteiger partial charge < -0.3 is 4.90 Å². The number of nitrogens with zero attached hydrogens (tertiary/aromatic N) is 3. The number of allylic oxidation sites excluding steroid dienone is 1. The van der Waals surface area contributed by atoms with Crippen LogP contribution in [0.2, 0.25) is 5.02 Å². The molecule has 28 heavy (non-hydrogen) atoms. The molecule has 2 heterocycles. The van der Waals surface area contributed by atoms with Gasteiger partial charge >= 0.3 is 0 Å². The van der Waals surface area contributed by atoms with Gasteiger partial charge in [0.2, 0.25) is 5.91 Å². The fraction of sp³-hybridized carbons (Fsp3) is 0.273. The molecule has 142 valence electrons. The number of halogens is 1. The van der Waals surface area contributed by atoms with Crippen molar-refractivity contribution in [1.29, 1.82) is 5.26 Å². The van der Waals surface area contributed by atoms with E-state index in [-0.39, 0.29) is 11.8 Å². The molecule has 1 atom stereocenters. The first-order valence-electron chi connectivity index (χ1n) is 9.27. The van der Waals surface area contributed by atoms with Crippen molar-refractivity contribution in [3.05, 3.63) is 75.3 Å². The summed E-state index contributed by atoms with van der Waals surface area (Å²) >= 11 is 7.66. The van der Waals surface area contributed by atoms with E-state index in [1.807, 2.05) is 24.3 Å². The average molecular weight is 410 g/mol. The van der Waals surface area contributed by atoms with E-state index in [0.29, 0.717) is 29.6 Å². The van der Waals surface area contributed by atoms with Crippen LogP contribution in [0.3, 0.4) is 0 Å². The first kappa shape index (κ1) is 18.9. The molecule has 0 spiro atoms. The van der Waals surface area contributed by atoms with Gasteiger partial charge in [0.05, 0.1) is 29.2 Å². The van der Waals surface area contributed by atoms with E-state index in [9.17, 15) is 10.1 Å². The summed E-state index contributed by atoms with van der Waals surface area (Å²) in [6.45, 7) is 2.55. The monoisotopic (exact) mass is 409 g/mol. The van der Waals surface area contributed by atoms with Gasteiger partial charge in [-0.15, -0.1) is 0 Å². The molecule has 6 heteroatoms. The molecule has 0 bridgehead atoms. The summed E-state index contributed by atoms with van der Waals surface area (Å²) < 4.78 is 0. The Kier molecular flexibility index (Phi) is 5.34. The van der Waals surface area contributed by atoms with Crippen LogP contribution in [0, 0.1) is 11.3 Å². The van der Waals surface area contributed by atoms with Crippen LogP contribution in [0.4, 0.5) is 5.69 Å². The van der Waals surface area contributed by atoms with Crippen molar-refractivity contribution in [1.82, 2.24) is 4.90 Å². The summed E-state index contributed by atoms with van der Waals surface area (Å²) in [5, 5.41) is 11.3. The van der Waals surface area contributed by atoms with Crippen molar-refractivity contribution in [2.75, 3.05) is 17.4 Å². The Hall–Kier alpha value is -2.42. The molecule has 2 aliphatic rings. The lowest BCUT2D eigenvalue weighted by Gasteiger charge is -2.42. The molecule has 0 aromatic heterocycles. The number of carbonyl (C=O) groups excluding carboxylic acids is 1. The van der Waals surface area contributed by atoms with Crippen LogP contribution >= 0.6 is 23.4 Å². The first-order chi connectivity index (χ1) is 13.6. The topological polar surface area (TPSA) is 47.3 Å². The molecule has 4 rings (SSSR count). The maximum atomic E-state index is 13.0. The third kappa shape index (κ3) is 3.50. The number of nitriles is 1. The molecule has 2 aliphatic heterocycles. The van der Waals surface area contributed by atoms with Crippen LogP contribution in [-0.2, 0) is 11.2 Å². The summed E-state index contributed by atoms with van der Waals surface area (Å²) in [7, 11) is 0. The summed E-state index contributed by atoms with van der Waals surface area (Å²) in [6, 6.07) is 18.3. The Bertz CT molecular complexity index is 980. The van der Waals surface area contributed by atoms with Crippen LogP contribution in [0.25, 0.3) is 0 Å². The highest BCUT2D eigenvalue weighted by Crippen LogP contribution is 2.43. The first-order valence-corrected chi connectivity index (χ1v) is 10.6. The highest BCUT2D eigenvalue weighted by atomic mass is 35.5. The number of amides is 1. The van der Waals surface area contributed by atoms with Crippen LogP contribution in [0.5, 0.6) is 0 Å². The van der Waals surface area contributed by atoms with E-state index < -0.39 is 0 Å². The highest BCUT2D eigenvalue weighted by molar-refractivity contribution is 8.03. The zero-order valence-electron chi connectivity index (χ0n) is 15.6. The standard InChI is InChI=1S/C22H20ClN3OS/c1-2-15-6-8-16(9-7-15)19-11-21(27)26-13-25(14-28-22(26)20(19)12-24)18-5-3-4-17(23)10-18/h3-10,19H,2,11,13-14H2,1H3/t19-/m0/s1. The molecule has 0 unspecified atom stereocenters. The number of carbonyl (C=O) groups is 1. The van der Waals surface area contributed by atoms with Gasteiger partial charge in [-0.05, 0) is 35.7 Å². The molecule has 1 amide bonds. The van der Waals surface area contributed by atoms with Crippen LogP contribution in [-0.4, -0.2) is 23.4 Å². The second-order valence-corrected chi connectivity index (χ2v) is 8.31. The Balaban J connectivity index is 1.65. The predicted molar refractivity (Wildman–Crippen MR) is 114 cm³/mol. The summed E-state index contributed by atoms with van der Waals surface area (Å²) in [6.07, 6.45) is 1.29. The molecule has 2 aromatic carbocycles. The minimum atomic E-state index is -0.167. The molecule has 1 saturated heterocycles. The summed E-state index contributed by atoms with van der Waals surface area (Å²) in [5.41, 5.74) is 3.96. The third-order valence-corrected chi connectivity index (χ3v) is 6.65. The highest BCUT2D eigenvalue weighted by Gasteiger charge is 2.38. The predicted octanol–water partition coefficient (Wildman–Crippen LogP) is 5.12. The molecule has 0 aliphatic carbocycles. The molecule has 1 fully saturated rings. The molecular formula is C22H20ClN3OS. The number of rotatable bonds is 3. The number of hydrogen-bond acceptors (Lipinski definition) is 4. The van der Waals surface area contributed by atoms with E-state index in [2.05, 4.69) is 42.2 Å². The van der Waals surface area contributed by atoms with Crippen molar-refractivity contribution in [2.45, 2.75) is 25.7 Å². The number of anilines is 1. The Morgan fingerprint density at radius 3 is 2.71 bits per heavy atom. The van der Waals surface area contributed by atoms with Crippen LogP contribution < -0.4 is 4.90 Å². The molecule has 2 aromatic rings. The smallest absolute Gasteiger partial charge is 0.229 e. The lowest BCUT2D eigenvalue weighted by Crippen LogP contribution is -2.47. The zero-order chi connectivity index (χ0) is 19.7. The summed E-state index contributed by atoms with van der Waals surface area (Å²) in [5.74, 6) is 0.559. The quantitative estimate of drug-likeness (QED) is 0.705. The molecule has 0 saturated carbocycles. The van der Waals surface area contributed by atoms with Gasteiger partial charge in [-0.1, -0.05) is 60.6 Å². The van der Waals surface area contributed by atoms with E-state index in [1.54, 1.807) is 16.7 Å². The maximum Gasteiger partial charge on any atom is 0.229 e. The van der Waals surface area contributed by atoms with Crippen LogP contribution in [0.15, 0.2) is 59.1 Å². The van der Waals surface area contributed by atoms with E-state index in [4.69, 9.17) is 11.6 Å². The Labute approximate surface area is 174 Å². The van der Waals surface area contributed by atoms with Gasteiger partial charge in [-0.3, -0.25) is 9.69 Å². The van der Waals surface area contributed by atoms with Gasteiger partial charge in [-0.25, -0.2) is 0 Å². The Morgan fingerprint density at radius 2 is 2.04 bits per heavy atom. The molecular weight excluding hydrogens is 390 g/mol. The SMILES string of the molecule is CCc1ccc([C@@H]2CC(=O)N3CN(c4cccc(Cl)c4)CSC3=C2C#N)cc1. The second kappa shape index (κ2) is 7.90. The molecule has 0 radical (unpaired) electrons. The van der Waals surface area contributed by atoms with Crippen molar-refractivity contribution < 1.29 is 4.79 Å². The number of fused-ring (bicyclic) bond motifs is 1. The minimum absolute atomic E-state index is 0.0535. The third-order valence-electron chi connectivity index (χ3n) is 5.26. The lowest BCUT2D eigenvalue weighted by atomic mass is 9.86. The van der Waals surface area contributed by atoms with Gasteiger partial charge in [0, 0.05) is 23.0 Å². The van der Waals surface area contributed by atoms with E-state index in [1.165, 1.54) is 5.56 Å². The average Bonchev–Trinajstić information content (AvgIpc) is 2.73. The van der Waals surface area contributed by atoms with Crippen molar-refractivity contribution in [2.24, 2.45) is 0 Å². The number of aryl methyl sites for hydroxylation is 1. The van der Waals surface area contributed by atoms with Crippen molar-refractivity contribution in [3.63, 3.8) is 0 Å². The fourth-order valence-electron chi connectivity index (χ4n) is 3.67. The second-order valence-electron chi connectivity index (χ2n) is 6.94. The van der Waals surface area contributed by atoms with Crippen molar-refractivity contribution >= 4 is 35.0 Å². The molecule has 4 nitrogen and oxygen atoms in total. The van der Waals surface area contributed by atoms with Crippen molar-refractivity contribution in [3.8, 4) is 6.07 Å². The number of hydrogen-bond donors (Lipinski definition) is 0. The molecule has 0 N–H and O–H groups in total. The van der Waals surface area contributed by atoms with Gasteiger partial charge in [0.25, 0.3) is 0 Å². The normalized spacial score (nSPS) is 19.5. The zero-order valence-corrected chi connectivity index (χ0v) is 17.1. The van der Waals surface area contributed by atoms with Crippen LogP contribution in [0.1, 0.15) is 30.4 Å².